The number of likely N-dealkylation sites (N-methyl/N-ethyl adjacent to an activating group) is 1. The minimum absolute atomic E-state index is 0.0971. The molecule has 3 aromatic rings. The number of hydrogen-bond acceptors (Lipinski definition) is 6. The van der Waals surface area contributed by atoms with Gasteiger partial charge in [-0.15, -0.1) is 15.7 Å². The Kier molecular flexibility index (Phi) is 7.94. The second-order valence-electron chi connectivity index (χ2n) is 9.09. The standard InChI is InChI=1S/C25H27F2N3O4S2/c1-14-23(36(6,33)30-24(32)34-25(2,3)4)35-22(29-14)20(21(31)28-5)16-9-7-15(8-10-16)18-13-17(26)11-12-19(18)27/h7-13,20H,1-6H3,(H,28,31). The molecule has 0 spiro atoms. The van der Waals surface area contributed by atoms with Gasteiger partial charge in [-0.25, -0.2) is 22.8 Å². The van der Waals surface area contributed by atoms with Gasteiger partial charge >= 0.3 is 6.09 Å². The Morgan fingerprint density at radius 3 is 2.36 bits per heavy atom. The molecule has 7 nitrogen and oxygen atoms in total. The first-order valence-corrected chi connectivity index (χ1v) is 13.7. The maximum Gasteiger partial charge on any atom is 0.442 e. The van der Waals surface area contributed by atoms with Crippen molar-refractivity contribution in [1.82, 2.24) is 10.3 Å². The summed E-state index contributed by atoms with van der Waals surface area (Å²) in [4.78, 5) is 29.5. The molecule has 2 aromatic carbocycles. The van der Waals surface area contributed by atoms with Gasteiger partial charge in [0.15, 0.2) is 0 Å². The molecule has 0 radical (unpaired) electrons. The second kappa shape index (κ2) is 10.4. The minimum Gasteiger partial charge on any atom is -0.442 e. The summed E-state index contributed by atoms with van der Waals surface area (Å²) in [5.41, 5.74) is 0.661. The number of halogens is 2. The Bertz CT molecular complexity index is 1420. The van der Waals surface area contributed by atoms with Crippen molar-refractivity contribution in [2.24, 2.45) is 4.36 Å². The second-order valence-corrected chi connectivity index (χ2v) is 12.6. The smallest absolute Gasteiger partial charge is 0.442 e. The summed E-state index contributed by atoms with van der Waals surface area (Å²) in [7, 11) is -1.71. The monoisotopic (exact) mass is 535 g/mol. The lowest BCUT2D eigenvalue weighted by atomic mass is 9.95. The van der Waals surface area contributed by atoms with Gasteiger partial charge in [-0.3, -0.25) is 4.79 Å². The van der Waals surface area contributed by atoms with Gasteiger partial charge < -0.3 is 10.1 Å². The van der Waals surface area contributed by atoms with E-state index < -0.39 is 39.0 Å². The first-order valence-electron chi connectivity index (χ1n) is 10.9. The van der Waals surface area contributed by atoms with Crippen LogP contribution in [-0.2, 0) is 19.3 Å². The van der Waals surface area contributed by atoms with Crippen molar-refractivity contribution in [3.63, 3.8) is 0 Å². The van der Waals surface area contributed by atoms with Crippen molar-refractivity contribution >= 4 is 33.1 Å². The van der Waals surface area contributed by atoms with E-state index in [2.05, 4.69) is 14.7 Å². The Morgan fingerprint density at radius 1 is 1.14 bits per heavy atom. The highest BCUT2D eigenvalue weighted by atomic mass is 32.2. The molecule has 1 heterocycles. The summed E-state index contributed by atoms with van der Waals surface area (Å²) in [5, 5.41) is 2.95. The van der Waals surface area contributed by atoms with Gasteiger partial charge in [0, 0.05) is 18.9 Å². The molecule has 0 aliphatic heterocycles. The van der Waals surface area contributed by atoms with E-state index in [9.17, 15) is 22.6 Å². The summed E-state index contributed by atoms with van der Waals surface area (Å²) in [6.07, 6.45) is 0.366. The molecule has 1 aromatic heterocycles. The number of thiazole rings is 1. The first kappa shape index (κ1) is 27.4. The lowest BCUT2D eigenvalue weighted by molar-refractivity contribution is -0.121. The molecule has 2 unspecified atom stereocenters. The summed E-state index contributed by atoms with van der Waals surface area (Å²) in [6, 6.07) is 9.63. The number of hydrogen-bond donors (Lipinski definition) is 1. The third kappa shape index (κ3) is 6.33. The van der Waals surface area contributed by atoms with E-state index in [4.69, 9.17) is 4.74 Å². The minimum atomic E-state index is -3.19. The van der Waals surface area contributed by atoms with Gasteiger partial charge in [-0.1, -0.05) is 24.3 Å². The predicted molar refractivity (Wildman–Crippen MR) is 136 cm³/mol. The lowest BCUT2D eigenvalue weighted by Crippen LogP contribution is -2.26. The molecule has 0 saturated heterocycles. The normalized spacial score (nSPS) is 14.0. The van der Waals surface area contributed by atoms with E-state index in [0.717, 1.165) is 29.5 Å². The van der Waals surface area contributed by atoms with Gasteiger partial charge in [-0.05, 0) is 57.0 Å². The molecule has 0 fully saturated rings. The molecule has 0 aliphatic carbocycles. The molecule has 2 atom stereocenters. The van der Waals surface area contributed by atoms with Crippen molar-refractivity contribution in [1.29, 1.82) is 0 Å². The predicted octanol–water partition coefficient (Wildman–Crippen LogP) is 5.67. The van der Waals surface area contributed by atoms with Crippen LogP contribution in [0.2, 0.25) is 0 Å². The largest absolute Gasteiger partial charge is 0.442 e. The SMILES string of the molecule is CNC(=O)C(c1ccc(-c2cc(F)ccc2F)cc1)c1nc(C)c(S(C)(=O)=NC(=O)OC(C)(C)C)s1. The fourth-order valence-electron chi connectivity index (χ4n) is 3.47. The fourth-order valence-corrected chi connectivity index (χ4v) is 6.38. The van der Waals surface area contributed by atoms with E-state index in [1.165, 1.54) is 13.3 Å². The van der Waals surface area contributed by atoms with Crippen LogP contribution < -0.4 is 5.32 Å². The molecule has 0 aliphatic rings. The molecule has 36 heavy (non-hydrogen) atoms. The zero-order valence-electron chi connectivity index (χ0n) is 20.7. The van der Waals surface area contributed by atoms with Gasteiger partial charge in [0.05, 0.1) is 15.4 Å². The van der Waals surface area contributed by atoms with E-state index >= 15 is 0 Å². The van der Waals surface area contributed by atoms with E-state index in [0.29, 0.717) is 21.8 Å². The number of carbonyl (C=O) groups excluding carboxylic acids is 2. The summed E-state index contributed by atoms with van der Waals surface area (Å²) >= 11 is 1.02. The molecular formula is C25H27F2N3O4S2. The number of rotatable bonds is 5. The van der Waals surface area contributed by atoms with Gasteiger partial charge in [0.2, 0.25) is 5.91 Å². The van der Waals surface area contributed by atoms with Crippen LogP contribution in [0.3, 0.4) is 0 Å². The Balaban J connectivity index is 2.01. The molecule has 0 bridgehead atoms. The highest BCUT2D eigenvalue weighted by Crippen LogP contribution is 2.35. The van der Waals surface area contributed by atoms with Crippen molar-refractivity contribution < 1.29 is 27.3 Å². The van der Waals surface area contributed by atoms with Crippen LogP contribution in [0.25, 0.3) is 11.1 Å². The number of amides is 2. The molecule has 1 N–H and O–H groups in total. The molecule has 192 valence electrons. The number of ether oxygens (including phenoxy) is 1. The highest BCUT2D eigenvalue weighted by Gasteiger charge is 2.29. The van der Waals surface area contributed by atoms with Gasteiger partial charge in [0.25, 0.3) is 0 Å². The van der Waals surface area contributed by atoms with E-state index in [1.54, 1.807) is 52.0 Å². The van der Waals surface area contributed by atoms with Crippen LogP contribution in [0.5, 0.6) is 0 Å². The topological polar surface area (TPSA) is 97.7 Å². The zero-order valence-corrected chi connectivity index (χ0v) is 22.4. The lowest BCUT2D eigenvalue weighted by Gasteiger charge is -2.17. The van der Waals surface area contributed by atoms with Crippen LogP contribution in [0.4, 0.5) is 13.6 Å². The third-order valence-corrected chi connectivity index (χ3v) is 8.67. The zero-order chi connectivity index (χ0) is 26.8. The third-order valence-electron chi connectivity index (χ3n) is 5.00. The first-order chi connectivity index (χ1) is 16.7. The fraction of sp³-hybridized carbons (Fsp3) is 0.320. The number of aromatic nitrogens is 1. The van der Waals surface area contributed by atoms with Gasteiger partial charge in [-0.2, -0.15) is 0 Å². The number of aryl methyl sites for hydroxylation is 1. The van der Waals surface area contributed by atoms with E-state index in [1.807, 2.05) is 0 Å². The number of nitrogens with zero attached hydrogens (tertiary/aromatic N) is 2. The van der Waals surface area contributed by atoms with Crippen molar-refractivity contribution in [2.75, 3.05) is 13.3 Å². The maximum atomic E-state index is 14.2. The Labute approximate surface area is 213 Å². The molecule has 11 heteroatoms. The van der Waals surface area contributed by atoms with Gasteiger partial charge in [0.1, 0.15) is 32.4 Å². The average molecular weight is 536 g/mol. The van der Waals surface area contributed by atoms with Crippen LogP contribution >= 0.6 is 11.3 Å². The summed E-state index contributed by atoms with van der Waals surface area (Å²) in [5.74, 6) is -2.37. The summed E-state index contributed by atoms with van der Waals surface area (Å²) in [6.45, 7) is 6.65. The van der Waals surface area contributed by atoms with Crippen LogP contribution in [0.1, 0.15) is 43.0 Å². The maximum absolute atomic E-state index is 14.2. The van der Waals surface area contributed by atoms with Crippen LogP contribution in [-0.4, -0.2) is 40.1 Å². The quantitative estimate of drug-likeness (QED) is 0.454. The van der Waals surface area contributed by atoms with Crippen LogP contribution in [0, 0.1) is 18.6 Å². The molecule has 3 rings (SSSR count). The number of carbonyl (C=O) groups is 2. The Hall–Kier alpha value is -3.18. The molecular weight excluding hydrogens is 508 g/mol. The summed E-state index contributed by atoms with van der Waals surface area (Å²) < 4.78 is 50.3. The molecule has 2 amide bonds. The molecule has 0 saturated carbocycles. The average Bonchev–Trinajstić information content (AvgIpc) is 3.16. The van der Waals surface area contributed by atoms with Crippen molar-refractivity contribution in [3.05, 3.63) is 70.4 Å². The van der Waals surface area contributed by atoms with Crippen LogP contribution in [0.15, 0.2) is 51.0 Å². The number of nitrogens with one attached hydrogen (secondary N) is 1. The number of benzene rings is 2. The van der Waals surface area contributed by atoms with Crippen molar-refractivity contribution in [2.45, 2.75) is 43.4 Å². The van der Waals surface area contributed by atoms with Crippen molar-refractivity contribution in [3.8, 4) is 11.1 Å². The highest BCUT2D eigenvalue weighted by molar-refractivity contribution is 7.95. The van der Waals surface area contributed by atoms with E-state index in [-0.39, 0.29) is 15.7 Å². The Morgan fingerprint density at radius 2 is 1.78 bits per heavy atom.